The molecule has 0 saturated heterocycles. The number of alkyl halides is 3. The Hall–Kier alpha value is -5.51. The highest BCUT2D eigenvalue weighted by atomic mass is 32.1. The maximum absolute atomic E-state index is 14.8. The number of para-hydroxylation sites is 1. The van der Waals surface area contributed by atoms with Crippen LogP contribution in [0, 0.1) is 0 Å². The van der Waals surface area contributed by atoms with E-state index in [1.807, 2.05) is 34.8 Å². The first-order valence-corrected chi connectivity index (χ1v) is 24.5. The summed E-state index contributed by atoms with van der Waals surface area (Å²) in [6, 6.07) is 42.0. The molecule has 0 aliphatic carbocycles. The van der Waals surface area contributed by atoms with Gasteiger partial charge in [-0.1, -0.05) is 174 Å². The smallest absolute Gasteiger partial charge is 0.406 e. The molecule has 0 amide bonds. The lowest BCUT2D eigenvalue weighted by atomic mass is 9.39. The Balaban J connectivity index is 1.37. The highest BCUT2D eigenvalue weighted by Gasteiger charge is 2.49. The summed E-state index contributed by atoms with van der Waals surface area (Å²) in [4.78, 5) is 4.48. The fraction of sp³-hybridized carbons (Fsp3) is 0.298. The second-order valence-corrected chi connectivity index (χ2v) is 24.3. The van der Waals surface area contributed by atoms with Gasteiger partial charge in [-0.2, -0.15) is 0 Å². The molecule has 0 unspecified atom stereocenters. The molecule has 8 aromatic rings. The van der Waals surface area contributed by atoms with Gasteiger partial charge in [0.25, 0.3) is 6.71 Å². The van der Waals surface area contributed by atoms with Crippen LogP contribution in [0.15, 0.2) is 121 Å². The summed E-state index contributed by atoms with van der Waals surface area (Å²) in [7, 11) is 0. The van der Waals surface area contributed by atoms with Crippen molar-refractivity contribution >= 4 is 98.7 Å². The third kappa shape index (κ3) is 7.32. The topological polar surface area (TPSA) is 15.7 Å². The van der Waals surface area contributed by atoms with E-state index in [4.69, 9.17) is 4.74 Å². The molecule has 66 heavy (non-hydrogen) atoms. The number of thiophene rings is 2. The van der Waals surface area contributed by atoms with Gasteiger partial charge in [-0.15, -0.1) is 35.8 Å². The molecule has 2 aliphatic rings. The molecule has 2 aromatic heterocycles. The fourth-order valence-electron chi connectivity index (χ4n) is 10.1. The molecule has 2 aliphatic heterocycles. The molecule has 0 fully saturated rings. The van der Waals surface area contributed by atoms with Crippen LogP contribution < -0.4 is 29.6 Å². The standard InChI is InChI=1S/C57H56BF3N2OS2/c1-53(2,3)34-25-23-33(24-26-34)38-17-13-14-22-43(38)63-45-32-37(64-57(59,60)61)31-44-46(45)58(52-48(63)40-19-16-21-42(50(40)66-52)56(10,11)12)51-47(39-18-15-20-41(49(39)65-51)55(7,8)9)62(44)36-29-27-35(28-30-36)54(4,5)6/h13-32H,1-12H3. The molecule has 9 heteroatoms. The zero-order chi connectivity index (χ0) is 47.0. The second kappa shape index (κ2) is 15.0. The summed E-state index contributed by atoms with van der Waals surface area (Å²) in [5.41, 5.74) is 12.4. The summed E-state index contributed by atoms with van der Waals surface area (Å²) >= 11 is 3.66. The number of fused-ring (bicyclic) bond motifs is 8. The molecular weight excluding hydrogens is 861 g/mol. The van der Waals surface area contributed by atoms with Crippen molar-refractivity contribution in [3.63, 3.8) is 0 Å². The van der Waals surface area contributed by atoms with Gasteiger partial charge in [0.2, 0.25) is 0 Å². The van der Waals surface area contributed by atoms with E-state index in [0.717, 1.165) is 50.1 Å². The van der Waals surface area contributed by atoms with E-state index in [1.54, 1.807) is 12.1 Å². The molecular formula is C57H56BF3N2OS2. The molecule has 3 nitrogen and oxygen atoms in total. The lowest BCUT2D eigenvalue weighted by Crippen LogP contribution is -2.59. The molecule has 0 N–H and O–H groups in total. The van der Waals surface area contributed by atoms with Crippen molar-refractivity contribution in [3.05, 3.63) is 144 Å². The molecule has 0 atom stereocenters. The monoisotopic (exact) mass is 916 g/mol. The zero-order valence-corrected chi connectivity index (χ0v) is 41.5. The van der Waals surface area contributed by atoms with Gasteiger partial charge < -0.3 is 14.5 Å². The van der Waals surface area contributed by atoms with Crippen molar-refractivity contribution in [2.24, 2.45) is 0 Å². The summed E-state index contributed by atoms with van der Waals surface area (Å²) in [5, 5.41) is 2.16. The average Bonchev–Trinajstić information content (AvgIpc) is 3.81. The van der Waals surface area contributed by atoms with Gasteiger partial charge in [-0.3, -0.25) is 0 Å². The SMILES string of the molecule is CC(C)(C)c1ccc(-c2ccccc2N2c3cc(OC(F)(F)F)cc4c3B(c3sc5c(C(C)(C)C)cccc5c3N4c3ccc(C(C)(C)C)cc3)c3sc4c(C(C)(C)C)cccc4c32)cc1. The molecule has 336 valence electrons. The fourth-order valence-corrected chi connectivity index (χ4v) is 13.4. The summed E-state index contributed by atoms with van der Waals surface area (Å²) in [6.45, 7) is 26.4. The minimum absolute atomic E-state index is 0.0365. The van der Waals surface area contributed by atoms with Crippen LogP contribution in [0.1, 0.15) is 105 Å². The van der Waals surface area contributed by atoms with Crippen LogP contribution >= 0.6 is 22.7 Å². The molecule has 6 aromatic carbocycles. The van der Waals surface area contributed by atoms with Gasteiger partial charge in [0.05, 0.1) is 17.1 Å². The summed E-state index contributed by atoms with van der Waals surface area (Å²) in [6.07, 6.45) is -4.93. The van der Waals surface area contributed by atoms with Crippen molar-refractivity contribution in [2.45, 2.75) is 111 Å². The van der Waals surface area contributed by atoms with E-state index in [1.165, 1.54) is 41.2 Å². The van der Waals surface area contributed by atoms with Crippen LogP contribution in [-0.2, 0) is 21.7 Å². The number of hydrogen-bond acceptors (Lipinski definition) is 5. The quantitative estimate of drug-likeness (QED) is 0.164. The molecule has 10 rings (SSSR count). The Labute approximate surface area is 396 Å². The first-order chi connectivity index (χ1) is 30.9. The normalized spacial score (nSPS) is 14.2. The van der Waals surface area contributed by atoms with Crippen molar-refractivity contribution in [2.75, 3.05) is 9.80 Å². The van der Waals surface area contributed by atoms with Gasteiger partial charge in [0.15, 0.2) is 0 Å². The predicted octanol–water partition coefficient (Wildman–Crippen LogP) is 16.0. The zero-order valence-electron chi connectivity index (χ0n) is 39.9. The summed E-state index contributed by atoms with van der Waals surface area (Å²) < 4.78 is 54.1. The van der Waals surface area contributed by atoms with Gasteiger partial charge in [0.1, 0.15) is 5.75 Å². The molecule has 0 saturated carbocycles. The van der Waals surface area contributed by atoms with E-state index in [0.29, 0.717) is 11.4 Å². The Morgan fingerprint density at radius 1 is 0.485 bits per heavy atom. The molecule has 0 bridgehead atoms. The average molecular weight is 917 g/mol. The highest BCUT2D eigenvalue weighted by molar-refractivity contribution is 7.41. The van der Waals surface area contributed by atoms with Crippen LogP contribution in [-0.4, -0.2) is 13.1 Å². The van der Waals surface area contributed by atoms with Gasteiger partial charge in [-0.25, -0.2) is 0 Å². The number of rotatable bonds is 4. The van der Waals surface area contributed by atoms with E-state index in [-0.39, 0.29) is 34.1 Å². The third-order valence-corrected chi connectivity index (χ3v) is 15.9. The minimum Gasteiger partial charge on any atom is -0.406 e. The molecule has 0 radical (unpaired) electrons. The number of anilines is 6. The van der Waals surface area contributed by atoms with E-state index in [2.05, 4.69) is 190 Å². The largest absolute Gasteiger partial charge is 0.573 e. The Morgan fingerprint density at radius 2 is 0.955 bits per heavy atom. The van der Waals surface area contributed by atoms with E-state index in [9.17, 15) is 13.2 Å². The minimum atomic E-state index is -4.93. The van der Waals surface area contributed by atoms with Gasteiger partial charge >= 0.3 is 6.36 Å². The van der Waals surface area contributed by atoms with E-state index >= 15 is 0 Å². The van der Waals surface area contributed by atoms with Crippen molar-refractivity contribution in [3.8, 4) is 16.9 Å². The molecule has 0 spiro atoms. The van der Waals surface area contributed by atoms with Crippen LogP contribution in [0.3, 0.4) is 0 Å². The number of nitrogens with zero attached hydrogens (tertiary/aromatic N) is 2. The third-order valence-electron chi connectivity index (χ3n) is 13.3. The first kappa shape index (κ1) is 44.3. The maximum Gasteiger partial charge on any atom is 0.573 e. The highest BCUT2D eigenvalue weighted by Crippen LogP contribution is 2.54. The van der Waals surface area contributed by atoms with Crippen molar-refractivity contribution in [1.82, 2.24) is 0 Å². The number of benzene rings is 6. The lowest BCUT2D eigenvalue weighted by Gasteiger charge is -2.42. The van der Waals surface area contributed by atoms with Gasteiger partial charge in [0, 0.05) is 64.5 Å². The van der Waals surface area contributed by atoms with Crippen molar-refractivity contribution in [1.29, 1.82) is 0 Å². The van der Waals surface area contributed by atoms with Crippen LogP contribution in [0.25, 0.3) is 31.3 Å². The lowest BCUT2D eigenvalue weighted by molar-refractivity contribution is -0.274. The maximum atomic E-state index is 14.8. The number of hydrogen-bond donors (Lipinski definition) is 0. The Bertz CT molecular complexity index is 3210. The van der Waals surface area contributed by atoms with Crippen LogP contribution in [0.2, 0.25) is 0 Å². The van der Waals surface area contributed by atoms with Crippen molar-refractivity contribution < 1.29 is 17.9 Å². The van der Waals surface area contributed by atoms with Crippen LogP contribution in [0.5, 0.6) is 5.75 Å². The van der Waals surface area contributed by atoms with Crippen LogP contribution in [0.4, 0.5) is 47.3 Å². The Morgan fingerprint density at radius 3 is 1.44 bits per heavy atom. The number of ether oxygens (including phenoxy) is 1. The second-order valence-electron chi connectivity index (χ2n) is 22.2. The number of halogens is 3. The van der Waals surface area contributed by atoms with Gasteiger partial charge in [-0.05, 0) is 73.1 Å². The van der Waals surface area contributed by atoms with E-state index < -0.39 is 6.36 Å². The predicted molar refractivity (Wildman–Crippen MR) is 278 cm³/mol. The summed E-state index contributed by atoms with van der Waals surface area (Å²) in [5.74, 6) is -0.264. The molecule has 4 heterocycles. The first-order valence-electron chi connectivity index (χ1n) is 22.9. The Kier molecular flexibility index (Phi) is 10.1.